The third kappa shape index (κ3) is 2.51. The fourth-order valence-electron chi connectivity index (χ4n) is 3.09. The van der Waals surface area contributed by atoms with Crippen LogP contribution in [0.3, 0.4) is 0 Å². The van der Waals surface area contributed by atoms with E-state index in [0.717, 1.165) is 39.7 Å². The zero-order valence-electron chi connectivity index (χ0n) is 13.2. The average Bonchev–Trinajstić information content (AvgIpc) is 3.15. The molecule has 0 radical (unpaired) electrons. The van der Waals surface area contributed by atoms with Crippen molar-refractivity contribution in [1.29, 1.82) is 0 Å². The summed E-state index contributed by atoms with van der Waals surface area (Å²) in [6.45, 7) is 4.29. The van der Waals surface area contributed by atoms with E-state index in [4.69, 9.17) is 0 Å². The van der Waals surface area contributed by atoms with Crippen LogP contribution in [0, 0.1) is 0 Å². The van der Waals surface area contributed by atoms with Gasteiger partial charge in [0.1, 0.15) is 0 Å². The Morgan fingerprint density at radius 3 is 3.17 bits per heavy atom. The molecule has 0 spiro atoms. The van der Waals surface area contributed by atoms with Crippen LogP contribution >= 0.6 is 15.9 Å². The lowest BCUT2D eigenvalue weighted by Crippen LogP contribution is -2.25. The Bertz CT molecular complexity index is 928. The van der Waals surface area contributed by atoms with Gasteiger partial charge in [0.15, 0.2) is 5.69 Å². The minimum atomic E-state index is -0.236. The molecule has 124 valence electrons. The molecule has 0 aliphatic carbocycles. The second-order valence-electron chi connectivity index (χ2n) is 5.72. The molecule has 8 heteroatoms. The normalized spacial score (nSPS) is 13.9. The molecule has 7 nitrogen and oxygen atoms in total. The van der Waals surface area contributed by atoms with Crippen molar-refractivity contribution in [1.82, 2.24) is 25.1 Å². The Labute approximate surface area is 147 Å². The first-order valence-electron chi connectivity index (χ1n) is 7.91. The summed E-state index contributed by atoms with van der Waals surface area (Å²) in [6, 6.07) is 5.88. The van der Waals surface area contributed by atoms with Crippen molar-refractivity contribution >= 4 is 38.8 Å². The number of amides is 1. The Morgan fingerprint density at radius 2 is 2.33 bits per heavy atom. The van der Waals surface area contributed by atoms with Crippen LogP contribution in [-0.4, -0.2) is 32.2 Å². The van der Waals surface area contributed by atoms with Gasteiger partial charge in [-0.3, -0.25) is 15.2 Å². The summed E-state index contributed by atoms with van der Waals surface area (Å²) < 4.78 is 2.96. The summed E-state index contributed by atoms with van der Waals surface area (Å²) >= 11 is 3.48. The Hall–Kier alpha value is -2.19. The van der Waals surface area contributed by atoms with Crippen molar-refractivity contribution in [2.24, 2.45) is 0 Å². The van der Waals surface area contributed by atoms with Crippen LogP contribution in [0.2, 0.25) is 0 Å². The molecule has 1 aliphatic heterocycles. The number of H-pyrrole nitrogens is 1. The van der Waals surface area contributed by atoms with Crippen LogP contribution in [-0.2, 0) is 19.5 Å². The van der Waals surface area contributed by atoms with Crippen molar-refractivity contribution in [3.63, 3.8) is 0 Å². The van der Waals surface area contributed by atoms with Crippen LogP contribution in [0.15, 0.2) is 22.7 Å². The first-order valence-corrected chi connectivity index (χ1v) is 8.70. The van der Waals surface area contributed by atoms with Gasteiger partial charge < -0.3 is 9.88 Å². The molecule has 0 unspecified atom stereocenters. The fourth-order valence-corrected chi connectivity index (χ4v) is 3.43. The van der Waals surface area contributed by atoms with E-state index in [-0.39, 0.29) is 5.91 Å². The molecule has 0 bridgehead atoms. The number of aromatic amines is 1. The van der Waals surface area contributed by atoms with Gasteiger partial charge in [-0.1, -0.05) is 15.9 Å². The van der Waals surface area contributed by atoms with E-state index in [0.29, 0.717) is 24.7 Å². The maximum atomic E-state index is 12.7. The number of hydrogen-bond donors (Lipinski definition) is 3. The second kappa shape index (κ2) is 6.03. The van der Waals surface area contributed by atoms with E-state index in [1.807, 2.05) is 29.7 Å². The smallest absolute Gasteiger partial charge is 0.278 e. The maximum absolute atomic E-state index is 12.7. The highest BCUT2D eigenvalue weighted by Crippen LogP contribution is 2.24. The average molecular weight is 389 g/mol. The van der Waals surface area contributed by atoms with E-state index < -0.39 is 0 Å². The Kier molecular flexibility index (Phi) is 3.85. The molecule has 0 atom stereocenters. The number of anilines is 1. The minimum Gasteiger partial charge on any atom is -0.312 e. The van der Waals surface area contributed by atoms with Crippen LogP contribution < -0.4 is 10.6 Å². The van der Waals surface area contributed by atoms with Gasteiger partial charge in [-0.2, -0.15) is 5.10 Å². The van der Waals surface area contributed by atoms with Gasteiger partial charge in [0.2, 0.25) is 5.95 Å². The van der Waals surface area contributed by atoms with Gasteiger partial charge >= 0.3 is 0 Å². The summed E-state index contributed by atoms with van der Waals surface area (Å²) in [6.07, 6.45) is 0.858. The molecule has 4 rings (SSSR count). The number of nitrogens with zero attached hydrogens (tertiary/aromatic N) is 3. The summed E-state index contributed by atoms with van der Waals surface area (Å²) in [5.41, 5.74) is 4.24. The van der Waals surface area contributed by atoms with E-state index in [2.05, 4.69) is 41.7 Å². The van der Waals surface area contributed by atoms with Crippen molar-refractivity contribution in [2.45, 2.75) is 26.4 Å². The van der Waals surface area contributed by atoms with Crippen LogP contribution in [0.4, 0.5) is 5.95 Å². The molecular weight excluding hydrogens is 372 g/mol. The zero-order valence-corrected chi connectivity index (χ0v) is 14.8. The number of rotatable bonds is 3. The van der Waals surface area contributed by atoms with Crippen LogP contribution in [0.5, 0.6) is 0 Å². The lowest BCUT2D eigenvalue weighted by Gasteiger charge is -2.13. The monoisotopic (exact) mass is 388 g/mol. The standard InChI is InChI=1S/C16H17BrN6O/c1-2-23-13-7-9(17)3-4-12(13)19-16(23)20-15(24)14-10-8-18-6-5-11(10)21-22-14/h3-4,7,18H,2,5-6,8H2,1H3,(H,21,22)(H,19,20,24). The molecule has 0 saturated heterocycles. The Morgan fingerprint density at radius 1 is 1.46 bits per heavy atom. The van der Waals surface area contributed by atoms with E-state index in [1.54, 1.807) is 0 Å². The molecular formula is C16H17BrN6O. The highest BCUT2D eigenvalue weighted by molar-refractivity contribution is 9.10. The predicted molar refractivity (Wildman–Crippen MR) is 95.1 cm³/mol. The van der Waals surface area contributed by atoms with E-state index in [1.165, 1.54) is 0 Å². The number of halogens is 1. The van der Waals surface area contributed by atoms with Crippen molar-refractivity contribution in [2.75, 3.05) is 11.9 Å². The molecule has 0 saturated carbocycles. The summed E-state index contributed by atoms with van der Waals surface area (Å²) in [4.78, 5) is 17.2. The van der Waals surface area contributed by atoms with Gasteiger partial charge in [-0.25, -0.2) is 4.98 Å². The number of carbonyl (C=O) groups is 1. The molecule has 1 amide bonds. The van der Waals surface area contributed by atoms with Crippen molar-refractivity contribution < 1.29 is 4.79 Å². The molecule has 3 N–H and O–H groups in total. The molecule has 3 heterocycles. The molecule has 1 aromatic carbocycles. The summed E-state index contributed by atoms with van der Waals surface area (Å²) in [7, 11) is 0. The first-order chi connectivity index (χ1) is 11.7. The number of carbonyl (C=O) groups excluding carboxylic acids is 1. The second-order valence-corrected chi connectivity index (χ2v) is 6.64. The van der Waals surface area contributed by atoms with Crippen molar-refractivity contribution in [3.8, 4) is 0 Å². The Balaban J connectivity index is 1.69. The maximum Gasteiger partial charge on any atom is 0.278 e. The SMILES string of the molecule is CCn1c(NC(=O)c2n[nH]c3c2CNCC3)nc2ccc(Br)cc21. The summed E-state index contributed by atoms with van der Waals surface area (Å²) in [5.74, 6) is 0.302. The zero-order chi connectivity index (χ0) is 16.7. The largest absolute Gasteiger partial charge is 0.312 e. The quantitative estimate of drug-likeness (QED) is 0.642. The number of hydrogen-bond acceptors (Lipinski definition) is 4. The summed E-state index contributed by atoms with van der Waals surface area (Å²) in [5, 5.41) is 13.3. The third-order valence-corrected chi connectivity index (χ3v) is 4.77. The molecule has 3 aromatic rings. The van der Waals surface area contributed by atoms with Gasteiger partial charge in [-0.05, 0) is 25.1 Å². The lowest BCUT2D eigenvalue weighted by molar-refractivity contribution is 0.102. The number of nitrogens with one attached hydrogen (secondary N) is 3. The molecule has 1 aliphatic rings. The predicted octanol–water partition coefficient (Wildman–Crippen LogP) is 2.44. The van der Waals surface area contributed by atoms with Crippen LogP contribution in [0.25, 0.3) is 11.0 Å². The molecule has 2 aromatic heterocycles. The lowest BCUT2D eigenvalue weighted by atomic mass is 10.1. The van der Waals surface area contributed by atoms with E-state index in [9.17, 15) is 4.79 Å². The van der Waals surface area contributed by atoms with Gasteiger partial charge in [0.25, 0.3) is 5.91 Å². The third-order valence-electron chi connectivity index (χ3n) is 4.27. The highest BCUT2D eigenvalue weighted by atomic mass is 79.9. The fraction of sp³-hybridized carbons (Fsp3) is 0.312. The van der Waals surface area contributed by atoms with Gasteiger partial charge in [0.05, 0.1) is 11.0 Å². The van der Waals surface area contributed by atoms with E-state index >= 15 is 0 Å². The van der Waals surface area contributed by atoms with Gasteiger partial charge in [0, 0.05) is 41.8 Å². The van der Waals surface area contributed by atoms with Gasteiger partial charge in [-0.15, -0.1) is 0 Å². The number of aromatic nitrogens is 4. The topological polar surface area (TPSA) is 87.6 Å². The number of imidazole rings is 1. The highest BCUT2D eigenvalue weighted by Gasteiger charge is 2.23. The number of benzene rings is 1. The molecule has 0 fully saturated rings. The number of fused-ring (bicyclic) bond motifs is 2. The van der Waals surface area contributed by atoms with Crippen molar-refractivity contribution in [3.05, 3.63) is 39.6 Å². The molecule has 24 heavy (non-hydrogen) atoms. The number of aryl methyl sites for hydroxylation is 1. The van der Waals surface area contributed by atoms with Crippen LogP contribution in [0.1, 0.15) is 28.7 Å². The minimum absolute atomic E-state index is 0.236. The first kappa shape index (κ1) is 15.3.